The fourth-order valence-electron chi connectivity index (χ4n) is 1.95. The van der Waals surface area contributed by atoms with Gasteiger partial charge in [0, 0.05) is 26.8 Å². The van der Waals surface area contributed by atoms with Crippen LogP contribution < -0.4 is 20.7 Å². The highest BCUT2D eigenvalue weighted by atomic mass is 127. The van der Waals surface area contributed by atoms with Gasteiger partial charge in [-0.2, -0.15) is 0 Å². The maximum absolute atomic E-state index is 13.2. The molecule has 0 bridgehead atoms. The number of carbonyl (C=O) groups excluding carboxylic acids is 1. The Kier molecular flexibility index (Phi) is 13.6. The van der Waals surface area contributed by atoms with Gasteiger partial charge in [0.2, 0.25) is 5.91 Å². The van der Waals surface area contributed by atoms with E-state index in [1.165, 1.54) is 12.1 Å². The Balaban J connectivity index is 0.00000625. The monoisotopic (exact) mass is 482 g/mol. The SMILES string of the molecule is CCC(CNC(=NC)NCC(=O)NCCOC)Oc1cccc(F)c1.I. The summed E-state index contributed by atoms with van der Waals surface area (Å²) < 4.78 is 23.8. The molecule has 1 aromatic rings. The molecule has 1 rings (SSSR count). The van der Waals surface area contributed by atoms with Gasteiger partial charge in [-0.3, -0.25) is 9.79 Å². The second-order valence-electron chi connectivity index (χ2n) is 5.25. The van der Waals surface area contributed by atoms with E-state index in [0.717, 1.165) is 6.42 Å². The molecule has 0 aromatic heterocycles. The number of rotatable bonds is 10. The van der Waals surface area contributed by atoms with E-state index in [-0.39, 0.29) is 48.3 Å². The summed E-state index contributed by atoms with van der Waals surface area (Å²) in [5.41, 5.74) is 0. The van der Waals surface area contributed by atoms with E-state index in [0.29, 0.717) is 31.4 Å². The summed E-state index contributed by atoms with van der Waals surface area (Å²) in [6, 6.07) is 6.03. The molecule has 3 N–H and O–H groups in total. The minimum Gasteiger partial charge on any atom is -0.489 e. The van der Waals surface area contributed by atoms with Crippen LogP contribution in [0, 0.1) is 5.82 Å². The number of aliphatic imine (C=N–C) groups is 1. The molecule has 0 radical (unpaired) electrons. The number of hydrogen-bond acceptors (Lipinski definition) is 4. The summed E-state index contributed by atoms with van der Waals surface area (Å²) in [7, 11) is 3.19. The standard InChI is InChI=1S/C17H27FN4O3.HI/c1-4-14(25-15-7-5-6-13(18)10-15)11-21-17(19-2)22-12-16(23)20-8-9-24-3;/h5-7,10,14H,4,8-9,11-12H2,1-3H3,(H,20,23)(H2,19,21,22);1H. The number of guanidine groups is 1. The molecule has 26 heavy (non-hydrogen) atoms. The third-order valence-electron chi connectivity index (χ3n) is 3.32. The van der Waals surface area contributed by atoms with Gasteiger partial charge in [-0.15, -0.1) is 24.0 Å². The van der Waals surface area contributed by atoms with Gasteiger partial charge in [0.25, 0.3) is 0 Å². The van der Waals surface area contributed by atoms with Crippen LogP contribution in [0.3, 0.4) is 0 Å². The number of amides is 1. The Bertz CT molecular complexity index is 561. The average molecular weight is 482 g/mol. The molecule has 0 fully saturated rings. The zero-order valence-corrected chi connectivity index (χ0v) is 17.7. The molecule has 0 aliphatic heterocycles. The molecule has 7 nitrogen and oxygen atoms in total. The lowest BCUT2D eigenvalue weighted by molar-refractivity contribution is -0.120. The number of ether oxygens (including phenoxy) is 2. The fraction of sp³-hybridized carbons (Fsp3) is 0.529. The zero-order valence-electron chi connectivity index (χ0n) is 15.4. The number of methoxy groups -OCH3 is 1. The molecule has 0 spiro atoms. The molecule has 1 unspecified atom stereocenters. The number of halogens is 2. The lowest BCUT2D eigenvalue weighted by Gasteiger charge is -2.20. The normalized spacial score (nSPS) is 11.9. The van der Waals surface area contributed by atoms with Gasteiger partial charge >= 0.3 is 0 Å². The van der Waals surface area contributed by atoms with E-state index >= 15 is 0 Å². The van der Waals surface area contributed by atoms with Crippen molar-refractivity contribution in [2.75, 3.05) is 40.4 Å². The first-order valence-electron chi connectivity index (χ1n) is 8.21. The van der Waals surface area contributed by atoms with Crippen molar-refractivity contribution in [3.05, 3.63) is 30.1 Å². The highest BCUT2D eigenvalue weighted by Crippen LogP contribution is 2.14. The van der Waals surface area contributed by atoms with Gasteiger partial charge in [0.1, 0.15) is 17.7 Å². The Hall–Kier alpha value is -1.62. The first-order chi connectivity index (χ1) is 12.1. The van der Waals surface area contributed by atoms with Crippen LogP contribution in [0.4, 0.5) is 4.39 Å². The van der Waals surface area contributed by atoms with Gasteiger partial charge in [-0.25, -0.2) is 4.39 Å². The number of nitrogens with zero attached hydrogens (tertiary/aromatic N) is 1. The molecule has 1 atom stereocenters. The molecular formula is C17H28FIN4O3. The summed E-state index contributed by atoms with van der Waals surface area (Å²) in [6.07, 6.45) is 0.578. The minimum atomic E-state index is -0.336. The summed E-state index contributed by atoms with van der Waals surface area (Å²) in [6.45, 7) is 3.48. The molecule has 0 heterocycles. The van der Waals surface area contributed by atoms with Gasteiger partial charge in [0.05, 0.1) is 19.7 Å². The summed E-state index contributed by atoms with van der Waals surface area (Å²) >= 11 is 0. The van der Waals surface area contributed by atoms with E-state index in [1.54, 1.807) is 26.3 Å². The van der Waals surface area contributed by atoms with Crippen molar-refractivity contribution in [3.8, 4) is 5.75 Å². The van der Waals surface area contributed by atoms with E-state index in [9.17, 15) is 9.18 Å². The van der Waals surface area contributed by atoms with Crippen molar-refractivity contribution in [3.63, 3.8) is 0 Å². The molecule has 148 valence electrons. The van der Waals surface area contributed by atoms with E-state index in [4.69, 9.17) is 9.47 Å². The third kappa shape index (κ3) is 10.4. The minimum absolute atomic E-state index is 0. The Morgan fingerprint density at radius 3 is 2.69 bits per heavy atom. The predicted octanol–water partition coefficient (Wildman–Crippen LogP) is 1.53. The van der Waals surface area contributed by atoms with Crippen molar-refractivity contribution in [1.82, 2.24) is 16.0 Å². The van der Waals surface area contributed by atoms with Crippen LogP contribution in [0.15, 0.2) is 29.3 Å². The predicted molar refractivity (Wildman–Crippen MR) is 111 cm³/mol. The van der Waals surface area contributed by atoms with Crippen molar-refractivity contribution in [2.45, 2.75) is 19.4 Å². The Morgan fingerprint density at radius 2 is 2.08 bits per heavy atom. The largest absolute Gasteiger partial charge is 0.489 e. The quantitative estimate of drug-likeness (QED) is 0.204. The maximum Gasteiger partial charge on any atom is 0.239 e. The molecular weight excluding hydrogens is 454 g/mol. The van der Waals surface area contributed by atoms with Crippen molar-refractivity contribution < 1.29 is 18.7 Å². The number of carbonyl (C=O) groups is 1. The number of nitrogens with one attached hydrogen (secondary N) is 3. The van der Waals surface area contributed by atoms with Gasteiger partial charge in [-0.05, 0) is 18.6 Å². The second kappa shape index (κ2) is 14.5. The van der Waals surface area contributed by atoms with Crippen LogP contribution in [-0.2, 0) is 9.53 Å². The van der Waals surface area contributed by atoms with Gasteiger partial charge < -0.3 is 25.4 Å². The first-order valence-corrected chi connectivity index (χ1v) is 8.21. The first kappa shape index (κ1) is 24.4. The van der Waals surface area contributed by atoms with Gasteiger partial charge in [0.15, 0.2) is 5.96 Å². The third-order valence-corrected chi connectivity index (χ3v) is 3.32. The van der Waals surface area contributed by atoms with Crippen LogP contribution in [0.2, 0.25) is 0 Å². The molecule has 1 amide bonds. The highest BCUT2D eigenvalue weighted by Gasteiger charge is 2.10. The molecule has 1 aromatic carbocycles. The van der Waals surface area contributed by atoms with Crippen molar-refractivity contribution in [2.24, 2.45) is 4.99 Å². The maximum atomic E-state index is 13.2. The highest BCUT2D eigenvalue weighted by molar-refractivity contribution is 14.0. The summed E-state index contributed by atoms with van der Waals surface area (Å²) in [5, 5.41) is 8.72. The van der Waals surface area contributed by atoms with E-state index in [1.807, 2.05) is 6.92 Å². The van der Waals surface area contributed by atoms with Crippen LogP contribution in [0.25, 0.3) is 0 Å². The van der Waals surface area contributed by atoms with Crippen LogP contribution in [-0.4, -0.2) is 58.4 Å². The molecule has 0 saturated heterocycles. The Morgan fingerprint density at radius 1 is 1.31 bits per heavy atom. The second-order valence-corrected chi connectivity index (χ2v) is 5.25. The number of benzene rings is 1. The van der Waals surface area contributed by atoms with Crippen LogP contribution >= 0.6 is 24.0 Å². The number of hydrogen-bond donors (Lipinski definition) is 3. The fourth-order valence-corrected chi connectivity index (χ4v) is 1.95. The molecule has 9 heteroatoms. The smallest absolute Gasteiger partial charge is 0.239 e. The summed E-state index contributed by atoms with van der Waals surface area (Å²) in [4.78, 5) is 15.7. The van der Waals surface area contributed by atoms with Crippen molar-refractivity contribution >= 4 is 35.8 Å². The molecule has 0 saturated carbocycles. The lowest BCUT2D eigenvalue weighted by Crippen LogP contribution is -2.46. The van der Waals surface area contributed by atoms with Gasteiger partial charge in [-0.1, -0.05) is 13.0 Å². The lowest BCUT2D eigenvalue weighted by atomic mass is 10.2. The molecule has 0 aliphatic rings. The topological polar surface area (TPSA) is 84.0 Å². The van der Waals surface area contributed by atoms with Crippen LogP contribution in [0.5, 0.6) is 5.75 Å². The van der Waals surface area contributed by atoms with E-state index < -0.39 is 0 Å². The van der Waals surface area contributed by atoms with Crippen molar-refractivity contribution in [1.29, 1.82) is 0 Å². The Labute approximate surface area is 171 Å². The summed E-state index contributed by atoms with van der Waals surface area (Å²) in [5.74, 6) is 0.484. The average Bonchev–Trinajstić information content (AvgIpc) is 2.61. The zero-order chi connectivity index (χ0) is 18.5. The van der Waals surface area contributed by atoms with E-state index in [2.05, 4.69) is 20.9 Å². The van der Waals surface area contributed by atoms with Crippen LogP contribution in [0.1, 0.15) is 13.3 Å². The molecule has 0 aliphatic carbocycles.